The molecule has 4 heteroatoms. The van der Waals surface area contributed by atoms with Crippen LogP contribution in [0.25, 0.3) is 11.0 Å². The Balaban J connectivity index is 1.82. The summed E-state index contributed by atoms with van der Waals surface area (Å²) in [5.41, 5.74) is 5.85. The SMILES string of the molecule is CCCc1cc(=O)oc2c(C)c3c(cc12)CN(c1cccc(C)c1)CO3. The number of ether oxygens (including phenoxy) is 1. The topological polar surface area (TPSA) is 42.7 Å². The van der Waals surface area contributed by atoms with Gasteiger partial charge in [-0.15, -0.1) is 0 Å². The maximum absolute atomic E-state index is 12.0. The number of aryl methyl sites for hydroxylation is 3. The van der Waals surface area contributed by atoms with E-state index in [1.165, 1.54) is 5.56 Å². The third-order valence-corrected chi connectivity index (χ3v) is 4.99. The second-order valence-corrected chi connectivity index (χ2v) is 7.02. The fraction of sp³-hybridized carbons (Fsp3) is 0.318. The Morgan fingerprint density at radius 1 is 1.15 bits per heavy atom. The summed E-state index contributed by atoms with van der Waals surface area (Å²) in [4.78, 5) is 14.2. The molecule has 0 radical (unpaired) electrons. The van der Waals surface area contributed by atoms with Gasteiger partial charge in [0.05, 0.1) is 0 Å². The molecule has 0 unspecified atom stereocenters. The molecule has 1 aliphatic rings. The number of hydrogen-bond acceptors (Lipinski definition) is 4. The molecule has 0 aliphatic carbocycles. The van der Waals surface area contributed by atoms with Crippen LogP contribution in [0.1, 0.15) is 35.6 Å². The number of benzene rings is 2. The van der Waals surface area contributed by atoms with Crippen LogP contribution in [0, 0.1) is 13.8 Å². The lowest BCUT2D eigenvalue weighted by Gasteiger charge is -2.32. The minimum absolute atomic E-state index is 0.291. The first-order chi connectivity index (χ1) is 12.6. The van der Waals surface area contributed by atoms with Crippen molar-refractivity contribution in [2.75, 3.05) is 11.6 Å². The molecule has 134 valence electrons. The molecule has 2 aromatic carbocycles. The second-order valence-electron chi connectivity index (χ2n) is 7.02. The third-order valence-electron chi connectivity index (χ3n) is 4.99. The highest BCUT2D eigenvalue weighted by atomic mass is 16.5. The molecule has 0 atom stereocenters. The molecular formula is C22H23NO3. The van der Waals surface area contributed by atoms with E-state index in [-0.39, 0.29) is 5.63 Å². The van der Waals surface area contributed by atoms with Crippen LogP contribution >= 0.6 is 0 Å². The van der Waals surface area contributed by atoms with Gasteiger partial charge in [-0.3, -0.25) is 0 Å². The predicted octanol–water partition coefficient (Wildman–Crippen LogP) is 4.72. The molecule has 1 aliphatic heterocycles. The van der Waals surface area contributed by atoms with E-state index in [0.717, 1.165) is 52.9 Å². The van der Waals surface area contributed by atoms with Crippen LogP contribution in [0.3, 0.4) is 0 Å². The summed E-state index contributed by atoms with van der Waals surface area (Å²) in [7, 11) is 0. The number of anilines is 1. The van der Waals surface area contributed by atoms with Gasteiger partial charge in [0.15, 0.2) is 6.73 Å². The molecule has 2 heterocycles. The lowest BCUT2D eigenvalue weighted by molar-refractivity contribution is 0.287. The lowest BCUT2D eigenvalue weighted by atomic mass is 9.98. The summed E-state index contributed by atoms with van der Waals surface area (Å²) >= 11 is 0. The summed E-state index contributed by atoms with van der Waals surface area (Å²) < 4.78 is 11.6. The van der Waals surface area contributed by atoms with Crippen LogP contribution in [0.2, 0.25) is 0 Å². The van der Waals surface area contributed by atoms with E-state index in [4.69, 9.17) is 9.15 Å². The molecule has 1 aromatic heterocycles. The average molecular weight is 349 g/mol. The minimum Gasteiger partial charge on any atom is -0.472 e. The maximum atomic E-state index is 12.0. The van der Waals surface area contributed by atoms with Crippen LogP contribution in [0.4, 0.5) is 5.69 Å². The van der Waals surface area contributed by atoms with Crippen molar-refractivity contribution in [1.29, 1.82) is 0 Å². The average Bonchev–Trinajstić information content (AvgIpc) is 2.63. The van der Waals surface area contributed by atoms with E-state index < -0.39 is 0 Å². The highest BCUT2D eigenvalue weighted by Crippen LogP contribution is 2.37. The molecule has 26 heavy (non-hydrogen) atoms. The zero-order valence-electron chi connectivity index (χ0n) is 15.5. The number of rotatable bonds is 3. The van der Waals surface area contributed by atoms with Gasteiger partial charge in [0, 0.05) is 34.8 Å². The Hall–Kier alpha value is -2.75. The van der Waals surface area contributed by atoms with E-state index in [2.05, 4.69) is 49.1 Å². The first-order valence-electron chi connectivity index (χ1n) is 9.10. The van der Waals surface area contributed by atoms with Crippen molar-refractivity contribution in [3.8, 4) is 5.75 Å². The van der Waals surface area contributed by atoms with E-state index in [0.29, 0.717) is 12.3 Å². The van der Waals surface area contributed by atoms with Crippen molar-refractivity contribution in [1.82, 2.24) is 0 Å². The van der Waals surface area contributed by atoms with Crippen LogP contribution in [-0.2, 0) is 13.0 Å². The van der Waals surface area contributed by atoms with Gasteiger partial charge < -0.3 is 14.1 Å². The lowest BCUT2D eigenvalue weighted by Crippen LogP contribution is -2.32. The molecule has 0 spiro atoms. The van der Waals surface area contributed by atoms with Crippen molar-refractivity contribution in [3.05, 3.63) is 69.1 Å². The van der Waals surface area contributed by atoms with Gasteiger partial charge >= 0.3 is 5.63 Å². The highest BCUT2D eigenvalue weighted by molar-refractivity contribution is 5.86. The van der Waals surface area contributed by atoms with Crippen LogP contribution in [0.15, 0.2) is 45.6 Å². The normalized spacial score (nSPS) is 13.6. The molecule has 4 nitrogen and oxygen atoms in total. The molecule has 0 amide bonds. The Morgan fingerprint density at radius 3 is 2.77 bits per heavy atom. The molecule has 0 fully saturated rings. The molecule has 4 rings (SSSR count). The Bertz CT molecular complexity index is 1040. The van der Waals surface area contributed by atoms with Crippen molar-refractivity contribution >= 4 is 16.7 Å². The number of hydrogen-bond donors (Lipinski definition) is 0. The molecule has 0 saturated heterocycles. The molecule has 0 bridgehead atoms. The van der Waals surface area contributed by atoms with Gasteiger partial charge in [-0.2, -0.15) is 0 Å². The highest BCUT2D eigenvalue weighted by Gasteiger charge is 2.23. The number of nitrogens with zero attached hydrogens (tertiary/aromatic N) is 1. The first kappa shape index (κ1) is 16.7. The first-order valence-corrected chi connectivity index (χ1v) is 9.10. The Morgan fingerprint density at radius 2 is 2.00 bits per heavy atom. The summed E-state index contributed by atoms with van der Waals surface area (Å²) in [6, 6.07) is 12.2. The predicted molar refractivity (Wildman–Crippen MR) is 104 cm³/mol. The largest absolute Gasteiger partial charge is 0.472 e. The van der Waals surface area contributed by atoms with Crippen LogP contribution in [-0.4, -0.2) is 6.73 Å². The maximum Gasteiger partial charge on any atom is 0.336 e. The van der Waals surface area contributed by atoms with Crippen LogP contribution < -0.4 is 15.3 Å². The monoisotopic (exact) mass is 349 g/mol. The standard InChI is InChI=1S/C22H23NO3/c1-4-6-16-11-20(24)26-22-15(3)21-17(10-19(16)22)12-23(13-25-21)18-8-5-7-14(2)9-18/h5,7-11H,4,6,12-13H2,1-3H3. The Labute approximate surface area is 153 Å². The van der Waals surface area contributed by atoms with Crippen LogP contribution in [0.5, 0.6) is 5.75 Å². The van der Waals surface area contributed by atoms with Gasteiger partial charge in [-0.1, -0.05) is 25.5 Å². The van der Waals surface area contributed by atoms with Gasteiger partial charge in [0.25, 0.3) is 0 Å². The van der Waals surface area contributed by atoms with Gasteiger partial charge in [0.1, 0.15) is 11.3 Å². The van der Waals surface area contributed by atoms with E-state index >= 15 is 0 Å². The zero-order valence-corrected chi connectivity index (χ0v) is 15.5. The molecule has 0 saturated carbocycles. The summed E-state index contributed by atoms with van der Waals surface area (Å²) in [6.07, 6.45) is 1.85. The summed E-state index contributed by atoms with van der Waals surface area (Å²) in [6.45, 7) is 7.46. The molecule has 0 N–H and O–H groups in total. The smallest absolute Gasteiger partial charge is 0.336 e. The minimum atomic E-state index is -0.291. The fourth-order valence-electron chi connectivity index (χ4n) is 3.75. The fourth-order valence-corrected chi connectivity index (χ4v) is 3.75. The van der Waals surface area contributed by atoms with Gasteiger partial charge in [-0.05, 0) is 49.6 Å². The van der Waals surface area contributed by atoms with Crippen molar-refractivity contribution in [3.63, 3.8) is 0 Å². The van der Waals surface area contributed by atoms with Crippen molar-refractivity contribution in [2.24, 2.45) is 0 Å². The van der Waals surface area contributed by atoms with Gasteiger partial charge in [-0.25, -0.2) is 4.79 Å². The quantitative estimate of drug-likeness (QED) is 0.642. The van der Waals surface area contributed by atoms with Crippen molar-refractivity contribution in [2.45, 2.75) is 40.2 Å². The van der Waals surface area contributed by atoms with E-state index in [9.17, 15) is 4.79 Å². The Kier molecular flexibility index (Phi) is 4.19. The summed E-state index contributed by atoms with van der Waals surface area (Å²) in [5, 5.41) is 1.03. The summed E-state index contributed by atoms with van der Waals surface area (Å²) in [5.74, 6) is 0.846. The van der Waals surface area contributed by atoms with E-state index in [1.54, 1.807) is 6.07 Å². The molecular weight excluding hydrogens is 326 g/mol. The zero-order chi connectivity index (χ0) is 18.3. The number of fused-ring (bicyclic) bond motifs is 2. The van der Waals surface area contributed by atoms with Gasteiger partial charge in [0.2, 0.25) is 0 Å². The molecule has 3 aromatic rings. The third kappa shape index (κ3) is 2.85. The van der Waals surface area contributed by atoms with Crippen molar-refractivity contribution < 1.29 is 9.15 Å². The second kappa shape index (κ2) is 6.52. The van der Waals surface area contributed by atoms with E-state index in [1.807, 2.05) is 6.92 Å².